The maximum absolute atomic E-state index is 11.5. The number of amides is 1. The van der Waals surface area contributed by atoms with E-state index in [-0.39, 0.29) is 6.04 Å². The molecule has 1 fully saturated rings. The first-order valence-electron chi connectivity index (χ1n) is 8.39. The molecule has 3 rings (SSSR count). The molecule has 1 aliphatic rings. The van der Waals surface area contributed by atoms with E-state index in [1.807, 2.05) is 19.3 Å². The second kappa shape index (κ2) is 7.17. The van der Waals surface area contributed by atoms with Crippen LogP contribution in [0.3, 0.4) is 0 Å². The predicted octanol–water partition coefficient (Wildman–Crippen LogP) is 2.69. The van der Waals surface area contributed by atoms with Gasteiger partial charge in [0.15, 0.2) is 0 Å². The molecule has 1 N–H and O–H groups in total. The summed E-state index contributed by atoms with van der Waals surface area (Å²) in [7, 11) is 1.59. The summed E-state index contributed by atoms with van der Waals surface area (Å²) in [6.45, 7) is 2.85. The van der Waals surface area contributed by atoms with E-state index in [1.165, 1.54) is 4.90 Å². The number of hydrogen-bond acceptors (Lipinski definition) is 4. The molecular formula is C17H24N4O3. The van der Waals surface area contributed by atoms with Gasteiger partial charge in [-0.1, -0.05) is 0 Å². The van der Waals surface area contributed by atoms with E-state index in [9.17, 15) is 9.90 Å². The zero-order valence-corrected chi connectivity index (χ0v) is 14.2. The van der Waals surface area contributed by atoms with Crippen LogP contribution in [0, 0.1) is 6.92 Å². The highest BCUT2D eigenvalue weighted by Crippen LogP contribution is 2.34. The van der Waals surface area contributed by atoms with Crippen LogP contribution in [-0.2, 0) is 4.74 Å². The first kappa shape index (κ1) is 16.7. The van der Waals surface area contributed by atoms with E-state index in [1.54, 1.807) is 13.3 Å². The Balaban J connectivity index is 1.70. The van der Waals surface area contributed by atoms with Crippen molar-refractivity contribution in [1.82, 2.24) is 19.3 Å². The van der Waals surface area contributed by atoms with Gasteiger partial charge in [-0.3, -0.25) is 4.98 Å². The number of aryl methyl sites for hydroxylation is 1. The van der Waals surface area contributed by atoms with Gasteiger partial charge >= 0.3 is 6.09 Å². The Kier molecular flexibility index (Phi) is 4.99. The SMILES string of the molecule is COCCN(C(=O)O)C1CCC(c2ncc3c(C)nccn23)CC1. The van der Waals surface area contributed by atoms with Gasteiger partial charge in [0.05, 0.1) is 24.0 Å². The molecule has 0 aromatic carbocycles. The molecule has 0 atom stereocenters. The molecular weight excluding hydrogens is 308 g/mol. The topological polar surface area (TPSA) is 80.0 Å². The monoisotopic (exact) mass is 332 g/mol. The van der Waals surface area contributed by atoms with Gasteiger partial charge in [-0.2, -0.15) is 0 Å². The highest BCUT2D eigenvalue weighted by atomic mass is 16.5. The lowest BCUT2D eigenvalue weighted by molar-refractivity contribution is 0.0842. The van der Waals surface area contributed by atoms with Crippen molar-refractivity contribution in [2.45, 2.75) is 44.6 Å². The van der Waals surface area contributed by atoms with Crippen molar-refractivity contribution >= 4 is 11.6 Å². The zero-order valence-electron chi connectivity index (χ0n) is 14.2. The van der Waals surface area contributed by atoms with Crippen LogP contribution in [0.15, 0.2) is 18.6 Å². The van der Waals surface area contributed by atoms with E-state index in [0.29, 0.717) is 19.1 Å². The van der Waals surface area contributed by atoms with E-state index in [4.69, 9.17) is 4.74 Å². The second-order valence-electron chi connectivity index (χ2n) is 6.36. The minimum atomic E-state index is -0.858. The van der Waals surface area contributed by atoms with E-state index in [2.05, 4.69) is 14.4 Å². The zero-order chi connectivity index (χ0) is 17.1. The molecule has 130 valence electrons. The van der Waals surface area contributed by atoms with Crippen LogP contribution in [0.2, 0.25) is 0 Å². The third kappa shape index (κ3) is 3.21. The first-order chi connectivity index (χ1) is 11.6. The Morgan fingerprint density at radius 1 is 1.38 bits per heavy atom. The van der Waals surface area contributed by atoms with Crippen molar-refractivity contribution in [3.8, 4) is 0 Å². The number of aromatic nitrogens is 3. The van der Waals surface area contributed by atoms with Crippen LogP contribution in [0.4, 0.5) is 4.79 Å². The molecule has 1 saturated carbocycles. The molecule has 1 aliphatic carbocycles. The molecule has 1 amide bonds. The van der Waals surface area contributed by atoms with Gasteiger partial charge in [0.2, 0.25) is 0 Å². The Labute approximate surface area is 141 Å². The third-order valence-corrected chi connectivity index (χ3v) is 4.96. The summed E-state index contributed by atoms with van der Waals surface area (Å²) in [5, 5.41) is 9.42. The highest BCUT2D eigenvalue weighted by molar-refractivity contribution is 5.65. The number of ether oxygens (including phenoxy) is 1. The minimum absolute atomic E-state index is 0.0727. The van der Waals surface area contributed by atoms with E-state index >= 15 is 0 Å². The summed E-state index contributed by atoms with van der Waals surface area (Å²) >= 11 is 0. The number of nitrogens with zero attached hydrogens (tertiary/aromatic N) is 4. The van der Waals surface area contributed by atoms with Gasteiger partial charge in [0.1, 0.15) is 5.82 Å². The van der Waals surface area contributed by atoms with Gasteiger partial charge in [0.25, 0.3) is 0 Å². The molecule has 0 radical (unpaired) electrons. The fourth-order valence-electron chi connectivity index (χ4n) is 3.65. The summed E-state index contributed by atoms with van der Waals surface area (Å²) in [6, 6.07) is 0.0727. The van der Waals surface area contributed by atoms with E-state index < -0.39 is 6.09 Å². The Morgan fingerprint density at radius 2 is 2.12 bits per heavy atom. The summed E-state index contributed by atoms with van der Waals surface area (Å²) in [4.78, 5) is 21.9. The number of fused-ring (bicyclic) bond motifs is 1. The molecule has 24 heavy (non-hydrogen) atoms. The van der Waals surface area contributed by atoms with Crippen LogP contribution in [0.5, 0.6) is 0 Å². The quantitative estimate of drug-likeness (QED) is 0.910. The van der Waals surface area contributed by atoms with Gasteiger partial charge in [-0.25, -0.2) is 9.78 Å². The third-order valence-electron chi connectivity index (χ3n) is 4.96. The smallest absolute Gasteiger partial charge is 0.407 e. The number of imidazole rings is 1. The summed E-state index contributed by atoms with van der Waals surface area (Å²) in [6.07, 6.45) is 8.40. The Bertz CT molecular complexity index is 707. The van der Waals surface area contributed by atoms with Gasteiger partial charge in [0, 0.05) is 38.0 Å². The van der Waals surface area contributed by atoms with E-state index in [0.717, 1.165) is 42.7 Å². The molecule has 2 aromatic rings. The van der Waals surface area contributed by atoms with Crippen molar-refractivity contribution in [2.24, 2.45) is 0 Å². The van der Waals surface area contributed by atoms with Crippen LogP contribution in [0.1, 0.15) is 43.1 Å². The second-order valence-corrected chi connectivity index (χ2v) is 6.36. The molecule has 7 nitrogen and oxygen atoms in total. The molecule has 2 heterocycles. The maximum Gasteiger partial charge on any atom is 0.407 e. The summed E-state index contributed by atoms with van der Waals surface area (Å²) in [5.41, 5.74) is 2.02. The van der Waals surface area contributed by atoms with Crippen molar-refractivity contribution in [1.29, 1.82) is 0 Å². The summed E-state index contributed by atoms with van der Waals surface area (Å²) < 4.78 is 7.15. The lowest BCUT2D eigenvalue weighted by atomic mass is 9.85. The number of hydrogen-bond donors (Lipinski definition) is 1. The van der Waals surface area contributed by atoms with Crippen molar-refractivity contribution in [3.05, 3.63) is 30.1 Å². The van der Waals surface area contributed by atoms with Crippen LogP contribution < -0.4 is 0 Å². The number of carboxylic acid groups (broad SMARTS) is 1. The maximum atomic E-state index is 11.5. The molecule has 7 heteroatoms. The number of rotatable bonds is 5. The van der Waals surface area contributed by atoms with Crippen LogP contribution in [0.25, 0.3) is 5.52 Å². The van der Waals surface area contributed by atoms with Gasteiger partial charge in [-0.05, 0) is 32.6 Å². The van der Waals surface area contributed by atoms with Crippen molar-refractivity contribution < 1.29 is 14.6 Å². The minimum Gasteiger partial charge on any atom is -0.465 e. The molecule has 0 saturated heterocycles. The van der Waals surface area contributed by atoms with Gasteiger partial charge < -0.3 is 19.1 Å². The fraction of sp³-hybridized carbons (Fsp3) is 0.588. The predicted molar refractivity (Wildman–Crippen MR) is 89.3 cm³/mol. The molecule has 0 bridgehead atoms. The van der Waals surface area contributed by atoms with Crippen molar-refractivity contribution in [3.63, 3.8) is 0 Å². The molecule has 0 unspecified atom stereocenters. The lowest BCUT2D eigenvalue weighted by Gasteiger charge is -2.34. The highest BCUT2D eigenvalue weighted by Gasteiger charge is 2.30. The van der Waals surface area contributed by atoms with Gasteiger partial charge in [-0.15, -0.1) is 0 Å². The normalized spacial score (nSPS) is 21.1. The standard InChI is InChI=1S/C17H24N4O3/c1-12-15-11-19-16(21(15)8-7-18-12)13-3-5-14(6-4-13)20(17(22)23)9-10-24-2/h7-8,11,13-14H,3-6,9-10H2,1-2H3,(H,22,23). The summed E-state index contributed by atoms with van der Waals surface area (Å²) in [5.74, 6) is 1.43. The lowest BCUT2D eigenvalue weighted by Crippen LogP contribution is -2.43. The number of methoxy groups -OCH3 is 1. The molecule has 0 spiro atoms. The number of carbonyl (C=O) groups is 1. The average molecular weight is 332 g/mol. The Hall–Kier alpha value is -2.15. The van der Waals surface area contributed by atoms with Crippen LogP contribution in [-0.4, -0.2) is 56.8 Å². The Morgan fingerprint density at radius 3 is 2.79 bits per heavy atom. The molecule has 0 aliphatic heterocycles. The largest absolute Gasteiger partial charge is 0.465 e. The molecule has 2 aromatic heterocycles. The fourth-order valence-corrected chi connectivity index (χ4v) is 3.65. The average Bonchev–Trinajstić information content (AvgIpc) is 3.01. The van der Waals surface area contributed by atoms with Crippen LogP contribution >= 0.6 is 0 Å². The van der Waals surface area contributed by atoms with Crippen molar-refractivity contribution in [2.75, 3.05) is 20.3 Å². The first-order valence-corrected chi connectivity index (χ1v) is 8.39.